The number of rotatable bonds is 4. The number of anilines is 1. The number of ether oxygens (including phenoxy) is 1. The highest BCUT2D eigenvalue weighted by Crippen LogP contribution is 2.25. The second-order valence-electron chi connectivity index (χ2n) is 4.70. The predicted octanol–water partition coefficient (Wildman–Crippen LogP) is 2.81. The van der Waals surface area contributed by atoms with Gasteiger partial charge in [0, 0.05) is 6.07 Å². The van der Waals surface area contributed by atoms with Gasteiger partial charge in [-0.3, -0.25) is 9.59 Å². The van der Waals surface area contributed by atoms with Crippen LogP contribution in [0.2, 0.25) is 0 Å². The minimum absolute atomic E-state index is 0.313. The van der Waals surface area contributed by atoms with Crippen molar-refractivity contribution >= 4 is 11.6 Å². The normalized spacial score (nSPS) is 10.1. The van der Waals surface area contributed by atoms with Crippen molar-refractivity contribution in [2.45, 2.75) is 0 Å². The van der Waals surface area contributed by atoms with Gasteiger partial charge in [0.2, 0.25) is 0 Å². The van der Waals surface area contributed by atoms with Crippen molar-refractivity contribution in [3.05, 3.63) is 82.8 Å². The summed E-state index contributed by atoms with van der Waals surface area (Å²) >= 11 is 0. The zero-order valence-electron chi connectivity index (χ0n) is 12.0. The van der Waals surface area contributed by atoms with E-state index in [9.17, 15) is 9.59 Å². The first-order chi connectivity index (χ1) is 11.2. The summed E-state index contributed by atoms with van der Waals surface area (Å²) in [5.74, 6) is 0.670. The van der Waals surface area contributed by atoms with Gasteiger partial charge in [0.1, 0.15) is 11.5 Å². The molecule has 1 amide bonds. The van der Waals surface area contributed by atoms with Crippen molar-refractivity contribution in [3.63, 3.8) is 0 Å². The Morgan fingerprint density at radius 3 is 2.57 bits per heavy atom. The number of aromatic nitrogens is 2. The molecule has 2 N–H and O–H groups in total. The minimum Gasteiger partial charge on any atom is -0.457 e. The van der Waals surface area contributed by atoms with Gasteiger partial charge in [-0.05, 0) is 24.3 Å². The average Bonchev–Trinajstić information content (AvgIpc) is 2.56. The molecule has 6 heteroatoms. The molecule has 0 aliphatic carbocycles. The molecule has 0 spiro atoms. The van der Waals surface area contributed by atoms with Crippen LogP contribution in [-0.2, 0) is 0 Å². The first-order valence-corrected chi connectivity index (χ1v) is 6.90. The molecule has 3 aromatic rings. The summed E-state index contributed by atoms with van der Waals surface area (Å²) in [6.45, 7) is 0. The maximum Gasteiger partial charge on any atom is 0.266 e. The molecule has 0 aliphatic heterocycles. The number of nitrogens with zero attached hydrogens (tertiary/aromatic N) is 1. The zero-order valence-corrected chi connectivity index (χ0v) is 12.0. The van der Waals surface area contributed by atoms with Crippen LogP contribution in [0.5, 0.6) is 11.5 Å². The highest BCUT2D eigenvalue weighted by Gasteiger charge is 2.13. The van der Waals surface area contributed by atoms with Crippen molar-refractivity contribution in [2.24, 2.45) is 0 Å². The summed E-state index contributed by atoms with van der Waals surface area (Å²) in [5.41, 5.74) is 0.279. The number of H-pyrrole nitrogens is 1. The molecule has 1 aromatic heterocycles. The lowest BCUT2D eigenvalue weighted by Gasteiger charge is -2.11. The first kappa shape index (κ1) is 14.5. The van der Waals surface area contributed by atoms with Gasteiger partial charge >= 0.3 is 0 Å². The third-order valence-electron chi connectivity index (χ3n) is 3.03. The Balaban J connectivity index is 1.85. The van der Waals surface area contributed by atoms with Crippen LogP contribution in [0.4, 0.5) is 5.69 Å². The molecule has 23 heavy (non-hydrogen) atoms. The van der Waals surface area contributed by atoms with Gasteiger partial charge in [-0.2, -0.15) is 5.10 Å². The SMILES string of the molecule is O=C(Nc1cn[nH]c(=O)c1)c1ccccc1Oc1ccccc1. The minimum atomic E-state index is -0.392. The molecule has 0 bridgehead atoms. The number of hydrogen-bond donors (Lipinski definition) is 2. The molecule has 6 nitrogen and oxygen atoms in total. The Bertz CT molecular complexity index is 875. The Kier molecular flexibility index (Phi) is 4.15. The Hall–Kier alpha value is -3.41. The number of carbonyl (C=O) groups is 1. The fraction of sp³-hybridized carbons (Fsp3) is 0. The van der Waals surface area contributed by atoms with Gasteiger partial charge in [-0.1, -0.05) is 30.3 Å². The molecule has 0 radical (unpaired) electrons. The number of aromatic amines is 1. The quantitative estimate of drug-likeness (QED) is 0.776. The van der Waals surface area contributed by atoms with Crippen LogP contribution in [0.15, 0.2) is 71.7 Å². The van der Waals surface area contributed by atoms with Gasteiger partial charge in [0.25, 0.3) is 11.5 Å². The monoisotopic (exact) mass is 307 g/mol. The van der Waals surface area contributed by atoms with Crippen molar-refractivity contribution in [3.8, 4) is 11.5 Å². The molecular formula is C17H13N3O3. The van der Waals surface area contributed by atoms with E-state index in [0.29, 0.717) is 22.7 Å². The van der Waals surface area contributed by atoms with Crippen molar-refractivity contribution in [1.82, 2.24) is 10.2 Å². The lowest BCUT2D eigenvalue weighted by atomic mass is 10.2. The van der Waals surface area contributed by atoms with E-state index in [1.54, 1.807) is 36.4 Å². The van der Waals surface area contributed by atoms with Gasteiger partial charge in [0.05, 0.1) is 17.4 Å². The van der Waals surface area contributed by atoms with E-state index < -0.39 is 5.56 Å². The van der Waals surface area contributed by atoms with Crippen LogP contribution in [0, 0.1) is 0 Å². The van der Waals surface area contributed by atoms with Gasteiger partial charge in [0.15, 0.2) is 0 Å². The van der Waals surface area contributed by atoms with E-state index in [-0.39, 0.29) is 5.91 Å². The Morgan fingerprint density at radius 2 is 1.78 bits per heavy atom. The molecule has 0 unspecified atom stereocenters. The predicted molar refractivity (Wildman–Crippen MR) is 85.8 cm³/mol. The number of hydrogen-bond acceptors (Lipinski definition) is 4. The van der Waals surface area contributed by atoms with Crippen LogP contribution in [0.3, 0.4) is 0 Å². The molecular weight excluding hydrogens is 294 g/mol. The number of benzene rings is 2. The highest BCUT2D eigenvalue weighted by atomic mass is 16.5. The summed E-state index contributed by atoms with van der Waals surface area (Å²) < 4.78 is 5.75. The molecule has 3 rings (SSSR count). The van der Waals surface area contributed by atoms with Crippen LogP contribution in [0.25, 0.3) is 0 Å². The largest absolute Gasteiger partial charge is 0.457 e. The van der Waals surface area contributed by atoms with E-state index in [0.717, 1.165) is 0 Å². The second kappa shape index (κ2) is 6.57. The summed E-state index contributed by atoms with van der Waals surface area (Å²) in [5, 5.41) is 8.51. The number of nitrogens with one attached hydrogen (secondary N) is 2. The molecule has 1 heterocycles. The fourth-order valence-corrected chi connectivity index (χ4v) is 2.00. The molecule has 2 aromatic carbocycles. The number of para-hydroxylation sites is 2. The topological polar surface area (TPSA) is 84.1 Å². The molecule has 0 saturated carbocycles. The zero-order chi connectivity index (χ0) is 16.1. The second-order valence-corrected chi connectivity index (χ2v) is 4.70. The molecule has 0 fully saturated rings. The van der Waals surface area contributed by atoms with Crippen LogP contribution >= 0.6 is 0 Å². The van der Waals surface area contributed by atoms with Gasteiger partial charge in [-0.15, -0.1) is 0 Å². The lowest BCUT2D eigenvalue weighted by Crippen LogP contribution is -2.16. The van der Waals surface area contributed by atoms with Crippen molar-refractivity contribution in [2.75, 3.05) is 5.32 Å². The highest BCUT2D eigenvalue weighted by molar-refractivity contribution is 6.06. The Labute approximate surface area is 131 Å². The molecule has 0 saturated heterocycles. The Morgan fingerprint density at radius 1 is 1.04 bits per heavy atom. The summed E-state index contributed by atoms with van der Waals surface area (Å²) in [6, 6.07) is 17.3. The van der Waals surface area contributed by atoms with Crippen LogP contribution < -0.4 is 15.6 Å². The lowest BCUT2D eigenvalue weighted by molar-refractivity contribution is 0.102. The molecule has 114 valence electrons. The summed E-state index contributed by atoms with van der Waals surface area (Å²) in [7, 11) is 0. The van der Waals surface area contributed by atoms with E-state index in [1.807, 2.05) is 18.2 Å². The van der Waals surface area contributed by atoms with E-state index in [1.165, 1.54) is 12.3 Å². The number of amides is 1. The standard InChI is InChI=1S/C17H13N3O3/c21-16-10-12(11-18-20-16)19-17(22)14-8-4-5-9-15(14)23-13-6-2-1-3-7-13/h1-11H,(H2,19,20,21,22). The van der Waals surface area contributed by atoms with Crippen molar-refractivity contribution in [1.29, 1.82) is 0 Å². The fourth-order valence-electron chi connectivity index (χ4n) is 2.00. The third kappa shape index (κ3) is 3.62. The number of carbonyl (C=O) groups excluding carboxylic acids is 1. The third-order valence-corrected chi connectivity index (χ3v) is 3.03. The van der Waals surface area contributed by atoms with E-state index >= 15 is 0 Å². The van der Waals surface area contributed by atoms with E-state index in [2.05, 4.69) is 15.5 Å². The van der Waals surface area contributed by atoms with Crippen molar-refractivity contribution < 1.29 is 9.53 Å². The molecule has 0 atom stereocenters. The average molecular weight is 307 g/mol. The van der Waals surface area contributed by atoms with Crippen LogP contribution in [-0.4, -0.2) is 16.1 Å². The van der Waals surface area contributed by atoms with Gasteiger partial charge in [-0.25, -0.2) is 5.10 Å². The maximum atomic E-state index is 12.4. The first-order valence-electron chi connectivity index (χ1n) is 6.90. The molecule has 0 aliphatic rings. The smallest absolute Gasteiger partial charge is 0.266 e. The van der Waals surface area contributed by atoms with Gasteiger partial charge < -0.3 is 10.1 Å². The van der Waals surface area contributed by atoms with Crippen LogP contribution in [0.1, 0.15) is 10.4 Å². The maximum absolute atomic E-state index is 12.4. The summed E-state index contributed by atoms with van der Waals surface area (Å²) in [6.07, 6.45) is 1.36. The van der Waals surface area contributed by atoms with E-state index in [4.69, 9.17) is 4.74 Å². The summed E-state index contributed by atoms with van der Waals surface area (Å²) in [4.78, 5) is 23.6.